The fraction of sp³-hybridized carbons (Fsp3) is 0.318. The van der Waals surface area contributed by atoms with E-state index in [0.717, 1.165) is 32.1 Å². The highest BCUT2D eigenvalue weighted by Crippen LogP contribution is 2.29. The van der Waals surface area contributed by atoms with Crippen molar-refractivity contribution >= 4 is 22.5 Å². The molecular formula is C22H24FN3O3+2. The molecule has 1 aliphatic carbocycles. The Hall–Kier alpha value is -3.22. The summed E-state index contributed by atoms with van der Waals surface area (Å²) in [5.74, 6) is -0.726. The number of nitrogens with zero attached hydrogens (tertiary/aromatic N) is 2. The summed E-state index contributed by atoms with van der Waals surface area (Å²) in [6.07, 6.45) is 4.95. The summed E-state index contributed by atoms with van der Waals surface area (Å²) >= 11 is 0. The zero-order valence-electron chi connectivity index (χ0n) is 16.0. The van der Waals surface area contributed by atoms with E-state index in [1.165, 1.54) is 28.8 Å². The number of aromatic nitrogens is 2. The quantitative estimate of drug-likeness (QED) is 0.592. The summed E-state index contributed by atoms with van der Waals surface area (Å²) in [6, 6.07) is 12.5. The molecule has 150 valence electrons. The number of amides is 1. The normalized spacial score (nSPS) is 14.8. The second-order valence-corrected chi connectivity index (χ2v) is 7.44. The summed E-state index contributed by atoms with van der Waals surface area (Å²) in [5.41, 5.74) is 1.03. The topological polar surface area (TPSA) is 77.3 Å². The molecule has 29 heavy (non-hydrogen) atoms. The van der Waals surface area contributed by atoms with Gasteiger partial charge in [0, 0.05) is 24.6 Å². The van der Waals surface area contributed by atoms with Crippen LogP contribution in [0.25, 0.3) is 10.9 Å². The smallest absolute Gasteiger partial charge is 0.459 e. The molecule has 0 spiro atoms. The molecule has 4 rings (SSSR count). The number of hydrogen-bond donors (Lipinski definition) is 3. The minimum absolute atomic E-state index is 0.0141. The van der Waals surface area contributed by atoms with Gasteiger partial charge in [0.2, 0.25) is 12.1 Å². The van der Waals surface area contributed by atoms with Gasteiger partial charge in [-0.3, -0.25) is 4.79 Å². The van der Waals surface area contributed by atoms with Gasteiger partial charge in [-0.15, -0.1) is 0 Å². The average Bonchev–Trinajstić information content (AvgIpc) is 2.74. The predicted molar refractivity (Wildman–Crippen MR) is 105 cm³/mol. The van der Waals surface area contributed by atoms with E-state index in [1.54, 1.807) is 22.8 Å². The van der Waals surface area contributed by atoms with Crippen molar-refractivity contribution in [3.63, 3.8) is 0 Å². The first kappa shape index (κ1) is 19.1. The van der Waals surface area contributed by atoms with Crippen molar-refractivity contribution in [2.45, 2.75) is 44.7 Å². The van der Waals surface area contributed by atoms with Crippen LogP contribution in [-0.4, -0.2) is 16.1 Å². The number of nitrogens with one attached hydrogen (secondary N) is 1. The second-order valence-electron chi connectivity index (χ2n) is 7.44. The minimum Gasteiger partial charge on any atom is -0.459 e. The average molecular weight is 397 g/mol. The molecule has 3 N–H and O–H groups in total. The molecule has 1 saturated carbocycles. The van der Waals surface area contributed by atoms with E-state index < -0.39 is 0 Å². The van der Waals surface area contributed by atoms with Crippen LogP contribution in [0.4, 0.5) is 10.1 Å². The molecule has 0 radical (unpaired) electrons. The van der Waals surface area contributed by atoms with Crippen LogP contribution in [0.15, 0.2) is 48.5 Å². The highest BCUT2D eigenvalue weighted by Gasteiger charge is 2.39. The van der Waals surface area contributed by atoms with Crippen LogP contribution >= 0.6 is 0 Å². The number of anilines is 1. The molecule has 1 aliphatic rings. The highest BCUT2D eigenvalue weighted by atomic mass is 19.1. The van der Waals surface area contributed by atoms with Crippen LogP contribution in [0.5, 0.6) is 11.9 Å². The van der Waals surface area contributed by atoms with Crippen LogP contribution in [0.1, 0.15) is 38.1 Å². The van der Waals surface area contributed by atoms with Gasteiger partial charge in [0.15, 0.2) is 11.4 Å². The van der Waals surface area contributed by atoms with E-state index in [0.29, 0.717) is 16.6 Å². The van der Waals surface area contributed by atoms with E-state index in [1.807, 2.05) is 6.07 Å². The summed E-state index contributed by atoms with van der Waals surface area (Å²) in [5, 5.41) is 25.2. The highest BCUT2D eigenvalue weighted by molar-refractivity contribution is 5.90. The number of carbonyl (C=O) groups is 1. The van der Waals surface area contributed by atoms with Gasteiger partial charge in [-0.2, -0.15) is 0 Å². The molecular weight excluding hydrogens is 373 g/mol. The first-order valence-electron chi connectivity index (χ1n) is 9.88. The first-order chi connectivity index (χ1) is 14.0. The number of aromatic hydroxyl groups is 2. The largest absolute Gasteiger partial charge is 0.632 e. The Kier molecular flexibility index (Phi) is 5.29. The van der Waals surface area contributed by atoms with E-state index in [2.05, 4.69) is 5.32 Å². The van der Waals surface area contributed by atoms with Crippen molar-refractivity contribution in [3.8, 4) is 11.9 Å². The van der Waals surface area contributed by atoms with Crippen LogP contribution in [0.3, 0.4) is 0 Å². The van der Waals surface area contributed by atoms with Crippen molar-refractivity contribution in [3.05, 3.63) is 54.3 Å². The maximum absolute atomic E-state index is 13.1. The predicted octanol–water partition coefficient (Wildman–Crippen LogP) is 3.11. The van der Waals surface area contributed by atoms with Crippen molar-refractivity contribution in [1.82, 2.24) is 0 Å². The van der Waals surface area contributed by atoms with Gasteiger partial charge in [0.25, 0.3) is 5.91 Å². The minimum atomic E-state index is -0.381. The van der Waals surface area contributed by atoms with E-state index in [4.69, 9.17) is 0 Å². The molecule has 1 fully saturated rings. The lowest BCUT2D eigenvalue weighted by Gasteiger charge is -2.17. The molecule has 0 atom stereocenters. The Morgan fingerprint density at radius 2 is 1.72 bits per heavy atom. The van der Waals surface area contributed by atoms with Gasteiger partial charge in [-0.1, -0.05) is 27.7 Å². The molecule has 0 bridgehead atoms. The SMILES string of the molecule is O=C(C[n+]1c(O)[n+](C2CCCCC2)c(O)c2ccccc21)Nc1ccc(F)cc1. The molecule has 0 saturated heterocycles. The number of para-hydroxylation sites is 1. The standard InChI is InChI=1S/C22H22FN3O3/c23-15-10-12-16(13-11-15)24-20(27)14-25-19-9-5-4-8-18(19)21(28)26(22(25)29)17-6-2-1-3-7-17/h4-5,8-13,17H,1-3,6-7,14H2,(H,24,27)/p+2. The van der Waals surface area contributed by atoms with Crippen molar-refractivity contribution in [1.29, 1.82) is 0 Å². The van der Waals surface area contributed by atoms with Gasteiger partial charge >= 0.3 is 11.9 Å². The second kappa shape index (κ2) is 8.03. The number of benzene rings is 2. The van der Waals surface area contributed by atoms with Crippen LogP contribution < -0.4 is 14.5 Å². The third-order valence-electron chi connectivity index (χ3n) is 5.49. The Morgan fingerprint density at radius 3 is 2.45 bits per heavy atom. The summed E-state index contributed by atoms with van der Waals surface area (Å²) in [4.78, 5) is 12.6. The zero-order valence-corrected chi connectivity index (χ0v) is 16.0. The van der Waals surface area contributed by atoms with Crippen molar-refractivity contribution in [2.24, 2.45) is 0 Å². The van der Waals surface area contributed by atoms with Crippen LogP contribution in [0.2, 0.25) is 0 Å². The van der Waals surface area contributed by atoms with Crippen LogP contribution in [0, 0.1) is 5.82 Å². The summed E-state index contributed by atoms with van der Waals surface area (Å²) in [7, 11) is 0. The van der Waals surface area contributed by atoms with Crippen molar-refractivity contribution in [2.75, 3.05) is 5.32 Å². The maximum Gasteiger partial charge on any atom is 0.632 e. The number of hydrogen-bond acceptors (Lipinski definition) is 3. The van der Waals surface area contributed by atoms with Crippen LogP contribution in [-0.2, 0) is 11.3 Å². The molecule has 3 aromatic rings. The van der Waals surface area contributed by atoms with E-state index >= 15 is 0 Å². The van der Waals surface area contributed by atoms with Gasteiger partial charge in [-0.05, 0) is 43.2 Å². The Balaban J connectivity index is 1.72. The lowest BCUT2D eigenvalue weighted by molar-refractivity contribution is -0.830. The third kappa shape index (κ3) is 3.85. The molecule has 1 aromatic heterocycles. The number of fused-ring (bicyclic) bond motifs is 1. The molecule has 6 nitrogen and oxygen atoms in total. The number of halogens is 1. The lowest BCUT2D eigenvalue weighted by Crippen LogP contribution is -2.53. The van der Waals surface area contributed by atoms with Crippen molar-refractivity contribution < 1.29 is 28.5 Å². The third-order valence-corrected chi connectivity index (χ3v) is 5.49. The maximum atomic E-state index is 13.1. The number of rotatable bonds is 4. The monoisotopic (exact) mass is 397 g/mol. The summed E-state index contributed by atoms with van der Waals surface area (Å²) < 4.78 is 16.1. The summed E-state index contributed by atoms with van der Waals surface area (Å²) in [6.45, 7) is -0.142. The number of carbonyl (C=O) groups excluding carboxylic acids is 1. The fourth-order valence-electron chi connectivity index (χ4n) is 4.07. The van der Waals surface area contributed by atoms with Gasteiger partial charge < -0.3 is 15.5 Å². The lowest BCUT2D eigenvalue weighted by atomic mass is 9.95. The first-order valence-corrected chi connectivity index (χ1v) is 9.88. The molecule has 0 aliphatic heterocycles. The molecule has 1 amide bonds. The molecule has 7 heteroatoms. The Labute approximate surface area is 167 Å². The van der Waals surface area contributed by atoms with Gasteiger partial charge in [0.1, 0.15) is 5.82 Å². The Morgan fingerprint density at radius 1 is 1.03 bits per heavy atom. The van der Waals surface area contributed by atoms with E-state index in [-0.39, 0.29) is 36.2 Å². The molecule has 1 heterocycles. The van der Waals surface area contributed by atoms with Gasteiger partial charge in [0.05, 0.1) is 0 Å². The van der Waals surface area contributed by atoms with Gasteiger partial charge in [-0.25, -0.2) is 4.39 Å². The fourth-order valence-corrected chi connectivity index (χ4v) is 4.07. The zero-order chi connectivity index (χ0) is 20.4. The molecule has 2 aromatic carbocycles. The Bertz CT molecular complexity index is 1050. The van der Waals surface area contributed by atoms with E-state index in [9.17, 15) is 19.4 Å². The molecule has 0 unspecified atom stereocenters.